The van der Waals surface area contributed by atoms with Crippen LogP contribution in [0.4, 0.5) is 0 Å². The first-order valence-electron chi connectivity index (χ1n) is 5.67. The molecule has 0 radical (unpaired) electrons. The fourth-order valence-corrected chi connectivity index (χ4v) is 3.15. The number of aryl methyl sites for hydroxylation is 1. The monoisotopic (exact) mass is 225 g/mol. The van der Waals surface area contributed by atoms with Crippen molar-refractivity contribution in [1.82, 2.24) is 5.32 Å². The number of nitrogens with one attached hydrogen (secondary N) is 1. The van der Waals surface area contributed by atoms with Gasteiger partial charge in [-0.25, -0.2) is 0 Å². The van der Waals surface area contributed by atoms with Gasteiger partial charge in [0.15, 0.2) is 0 Å². The minimum atomic E-state index is 0.860. The average molecular weight is 225 g/mol. The molecule has 0 aliphatic carbocycles. The zero-order valence-electron chi connectivity index (χ0n) is 9.29. The van der Waals surface area contributed by atoms with Crippen LogP contribution in [0.25, 0.3) is 0 Å². The molecule has 1 aliphatic heterocycles. The van der Waals surface area contributed by atoms with Crippen molar-refractivity contribution in [1.29, 1.82) is 0 Å². The summed E-state index contributed by atoms with van der Waals surface area (Å²) in [5.41, 5.74) is 1.28. The highest BCUT2D eigenvalue weighted by Crippen LogP contribution is 2.21. The van der Waals surface area contributed by atoms with Crippen LogP contribution in [0, 0.1) is 12.8 Å². The third kappa shape index (κ3) is 3.28. The maximum absolute atomic E-state index is 5.42. The van der Waals surface area contributed by atoms with E-state index in [9.17, 15) is 0 Å². The molecule has 3 heteroatoms. The van der Waals surface area contributed by atoms with E-state index in [1.807, 2.05) is 17.8 Å². The van der Waals surface area contributed by atoms with E-state index in [0.717, 1.165) is 17.4 Å². The number of rotatable bonds is 4. The first-order chi connectivity index (χ1) is 7.36. The molecule has 1 fully saturated rings. The van der Waals surface area contributed by atoms with Gasteiger partial charge in [-0.3, -0.25) is 0 Å². The molecule has 2 heterocycles. The van der Waals surface area contributed by atoms with Crippen LogP contribution < -0.4 is 5.32 Å². The zero-order valence-corrected chi connectivity index (χ0v) is 10.1. The zero-order chi connectivity index (χ0) is 10.5. The van der Waals surface area contributed by atoms with Gasteiger partial charge in [0.1, 0.15) is 5.76 Å². The van der Waals surface area contributed by atoms with E-state index in [1.165, 1.54) is 37.2 Å². The van der Waals surface area contributed by atoms with Crippen LogP contribution in [0.1, 0.15) is 24.2 Å². The Balaban J connectivity index is 1.68. The second-order valence-corrected chi connectivity index (χ2v) is 5.28. The van der Waals surface area contributed by atoms with E-state index < -0.39 is 0 Å². The number of thioether (sulfide) groups is 1. The predicted octanol–water partition coefficient (Wildman–Crippen LogP) is 2.82. The number of hydrogen-bond acceptors (Lipinski definition) is 3. The highest BCUT2D eigenvalue weighted by molar-refractivity contribution is 7.98. The fourth-order valence-electron chi connectivity index (χ4n) is 1.94. The van der Waals surface area contributed by atoms with Crippen molar-refractivity contribution in [2.75, 3.05) is 18.8 Å². The molecule has 15 heavy (non-hydrogen) atoms. The molecular formula is C12H19NOS. The lowest BCUT2D eigenvalue weighted by molar-refractivity contribution is 0.410. The summed E-state index contributed by atoms with van der Waals surface area (Å²) in [5, 5.41) is 3.45. The Bertz CT molecular complexity index is 292. The molecular weight excluding hydrogens is 206 g/mol. The van der Waals surface area contributed by atoms with Gasteiger partial charge in [-0.15, -0.1) is 0 Å². The second-order valence-electron chi connectivity index (χ2n) is 4.25. The van der Waals surface area contributed by atoms with Gasteiger partial charge in [0.05, 0.1) is 12.0 Å². The van der Waals surface area contributed by atoms with E-state index in [4.69, 9.17) is 4.42 Å². The van der Waals surface area contributed by atoms with Gasteiger partial charge in [0, 0.05) is 0 Å². The lowest BCUT2D eigenvalue weighted by Gasteiger charge is -2.22. The van der Waals surface area contributed by atoms with Crippen LogP contribution in [-0.4, -0.2) is 18.8 Å². The van der Waals surface area contributed by atoms with E-state index in [0.29, 0.717) is 0 Å². The Hall–Kier alpha value is -0.410. The topological polar surface area (TPSA) is 25.2 Å². The highest BCUT2D eigenvalue weighted by Gasteiger charge is 2.13. The molecule has 84 valence electrons. The van der Waals surface area contributed by atoms with Crippen molar-refractivity contribution in [2.24, 2.45) is 5.92 Å². The standard InChI is InChI=1S/C12H19NOS/c1-10-4-6-14-12(10)9-15-8-11-3-2-5-13-7-11/h4,6,11,13H,2-3,5,7-9H2,1H3. The molecule has 1 unspecified atom stereocenters. The van der Waals surface area contributed by atoms with Crippen LogP contribution in [-0.2, 0) is 5.75 Å². The Morgan fingerprint density at radius 2 is 2.53 bits per heavy atom. The number of piperidine rings is 1. The van der Waals surface area contributed by atoms with E-state index in [-0.39, 0.29) is 0 Å². The normalized spacial score (nSPS) is 21.8. The molecule has 1 aromatic rings. The van der Waals surface area contributed by atoms with Crippen molar-refractivity contribution in [2.45, 2.75) is 25.5 Å². The predicted molar refractivity (Wildman–Crippen MR) is 65.2 cm³/mol. The Labute approximate surface area is 95.8 Å². The third-order valence-corrected chi connectivity index (χ3v) is 4.13. The highest BCUT2D eigenvalue weighted by atomic mass is 32.2. The molecule has 0 amide bonds. The molecule has 1 aromatic heterocycles. The summed E-state index contributed by atoms with van der Waals surface area (Å²) in [6.45, 7) is 4.52. The van der Waals surface area contributed by atoms with Gasteiger partial charge in [-0.05, 0) is 56.2 Å². The summed E-state index contributed by atoms with van der Waals surface area (Å²) < 4.78 is 5.42. The van der Waals surface area contributed by atoms with E-state index in [1.54, 1.807) is 6.26 Å². The maximum atomic E-state index is 5.42. The fraction of sp³-hybridized carbons (Fsp3) is 0.667. The third-order valence-electron chi connectivity index (χ3n) is 2.95. The number of furan rings is 1. The van der Waals surface area contributed by atoms with Gasteiger partial charge >= 0.3 is 0 Å². The first-order valence-corrected chi connectivity index (χ1v) is 6.83. The van der Waals surface area contributed by atoms with Crippen LogP contribution >= 0.6 is 11.8 Å². The van der Waals surface area contributed by atoms with Crippen molar-refractivity contribution in [3.63, 3.8) is 0 Å². The quantitative estimate of drug-likeness (QED) is 0.853. The second kappa shape index (κ2) is 5.61. The average Bonchev–Trinajstić information content (AvgIpc) is 2.66. The SMILES string of the molecule is Cc1ccoc1CSCC1CCCNC1. The lowest BCUT2D eigenvalue weighted by atomic mass is 10.0. The molecule has 0 spiro atoms. The van der Waals surface area contributed by atoms with Gasteiger partial charge in [-0.2, -0.15) is 11.8 Å². The molecule has 1 atom stereocenters. The summed E-state index contributed by atoms with van der Waals surface area (Å²) in [4.78, 5) is 0. The molecule has 0 aromatic carbocycles. The maximum Gasteiger partial charge on any atom is 0.116 e. The molecule has 2 rings (SSSR count). The Morgan fingerprint density at radius 1 is 1.60 bits per heavy atom. The summed E-state index contributed by atoms with van der Waals surface area (Å²) in [6, 6.07) is 2.04. The van der Waals surface area contributed by atoms with Gasteiger partial charge in [-0.1, -0.05) is 0 Å². The minimum absolute atomic E-state index is 0.860. The van der Waals surface area contributed by atoms with Crippen LogP contribution in [0.3, 0.4) is 0 Å². The first kappa shape index (κ1) is 11.1. The molecule has 1 N–H and O–H groups in total. The molecule has 0 bridgehead atoms. The lowest BCUT2D eigenvalue weighted by Crippen LogP contribution is -2.30. The summed E-state index contributed by atoms with van der Waals surface area (Å²) in [7, 11) is 0. The smallest absolute Gasteiger partial charge is 0.116 e. The van der Waals surface area contributed by atoms with Gasteiger partial charge in [0.25, 0.3) is 0 Å². The molecule has 1 saturated heterocycles. The van der Waals surface area contributed by atoms with Crippen molar-refractivity contribution < 1.29 is 4.42 Å². The van der Waals surface area contributed by atoms with Crippen LogP contribution in [0.5, 0.6) is 0 Å². The largest absolute Gasteiger partial charge is 0.468 e. The van der Waals surface area contributed by atoms with Crippen LogP contribution in [0.15, 0.2) is 16.7 Å². The summed E-state index contributed by atoms with van der Waals surface area (Å²) >= 11 is 2.00. The van der Waals surface area contributed by atoms with Crippen molar-refractivity contribution in [3.05, 3.63) is 23.7 Å². The Kier molecular flexibility index (Phi) is 4.15. The van der Waals surface area contributed by atoms with Crippen molar-refractivity contribution in [3.8, 4) is 0 Å². The van der Waals surface area contributed by atoms with E-state index in [2.05, 4.69) is 12.2 Å². The van der Waals surface area contributed by atoms with Gasteiger partial charge < -0.3 is 9.73 Å². The summed E-state index contributed by atoms with van der Waals surface area (Å²) in [6.07, 6.45) is 4.51. The molecule has 0 saturated carbocycles. The number of hydrogen-bond donors (Lipinski definition) is 1. The summed E-state index contributed by atoms with van der Waals surface area (Å²) in [5.74, 6) is 4.28. The van der Waals surface area contributed by atoms with Gasteiger partial charge in [0.2, 0.25) is 0 Å². The molecule has 2 nitrogen and oxygen atoms in total. The molecule has 1 aliphatic rings. The minimum Gasteiger partial charge on any atom is -0.468 e. The van der Waals surface area contributed by atoms with E-state index >= 15 is 0 Å². The van der Waals surface area contributed by atoms with Crippen LogP contribution in [0.2, 0.25) is 0 Å². The van der Waals surface area contributed by atoms with Crippen molar-refractivity contribution >= 4 is 11.8 Å². The Morgan fingerprint density at radius 3 is 3.20 bits per heavy atom.